The van der Waals surface area contributed by atoms with Gasteiger partial charge in [-0.15, -0.1) is 0 Å². The lowest BCUT2D eigenvalue weighted by atomic mass is 10.1. The third-order valence-electron chi connectivity index (χ3n) is 4.62. The number of aromatic nitrogens is 2. The molecular formula is C20H29N5O. The van der Waals surface area contributed by atoms with E-state index < -0.39 is 0 Å². The molecule has 6 nitrogen and oxygen atoms in total. The van der Waals surface area contributed by atoms with Crippen LogP contribution in [0.15, 0.2) is 47.7 Å². The summed E-state index contributed by atoms with van der Waals surface area (Å²) >= 11 is 0. The first-order valence-corrected chi connectivity index (χ1v) is 9.42. The van der Waals surface area contributed by atoms with Crippen molar-refractivity contribution in [3.05, 3.63) is 48.3 Å². The van der Waals surface area contributed by atoms with Crippen LogP contribution in [-0.4, -0.2) is 60.5 Å². The van der Waals surface area contributed by atoms with Gasteiger partial charge in [-0.25, -0.2) is 4.68 Å². The topological polar surface area (TPSA) is 54.7 Å². The first-order valence-electron chi connectivity index (χ1n) is 9.42. The van der Waals surface area contributed by atoms with Crippen LogP contribution in [-0.2, 0) is 11.2 Å². The van der Waals surface area contributed by atoms with E-state index in [4.69, 9.17) is 9.73 Å². The molecule has 1 N–H and O–H groups in total. The predicted molar refractivity (Wildman–Crippen MR) is 105 cm³/mol. The van der Waals surface area contributed by atoms with Crippen LogP contribution in [0.1, 0.15) is 18.9 Å². The Morgan fingerprint density at radius 2 is 2.23 bits per heavy atom. The first-order chi connectivity index (χ1) is 12.8. The van der Waals surface area contributed by atoms with Crippen molar-refractivity contribution in [3.8, 4) is 5.69 Å². The van der Waals surface area contributed by atoms with Gasteiger partial charge in [-0.1, -0.05) is 12.1 Å². The number of benzene rings is 1. The number of nitrogens with zero attached hydrogens (tertiary/aromatic N) is 4. The molecule has 0 spiro atoms. The van der Waals surface area contributed by atoms with Crippen LogP contribution in [0.4, 0.5) is 0 Å². The fraction of sp³-hybridized carbons (Fsp3) is 0.500. The number of aliphatic imine (C=N–C) groups is 1. The van der Waals surface area contributed by atoms with Gasteiger partial charge in [0.1, 0.15) is 0 Å². The number of hydrogen-bond donors (Lipinski definition) is 1. The zero-order valence-corrected chi connectivity index (χ0v) is 15.8. The average Bonchev–Trinajstić information content (AvgIpc) is 3.35. The highest BCUT2D eigenvalue weighted by molar-refractivity contribution is 5.79. The van der Waals surface area contributed by atoms with E-state index >= 15 is 0 Å². The van der Waals surface area contributed by atoms with Crippen LogP contribution in [0.2, 0.25) is 0 Å². The fourth-order valence-corrected chi connectivity index (χ4v) is 3.20. The third kappa shape index (κ3) is 5.08. The molecule has 0 bridgehead atoms. The standard InChI is InChI=1S/C20H29N5O/c1-3-21-20(24(2)15-18-10-14-26-16-18)22-12-9-17-5-7-19(8-6-17)25-13-4-11-23-25/h4-8,11,13,18H,3,9-10,12,14-16H2,1-2H3,(H,21,22). The first kappa shape index (κ1) is 18.5. The molecule has 0 amide bonds. The molecule has 2 heterocycles. The van der Waals surface area contributed by atoms with Crippen LogP contribution < -0.4 is 5.32 Å². The molecule has 1 aromatic heterocycles. The second kappa shape index (κ2) is 9.38. The van der Waals surface area contributed by atoms with Gasteiger partial charge in [-0.2, -0.15) is 5.10 Å². The molecule has 0 radical (unpaired) electrons. The quantitative estimate of drug-likeness (QED) is 0.612. The van der Waals surface area contributed by atoms with E-state index in [1.165, 1.54) is 5.56 Å². The van der Waals surface area contributed by atoms with Crippen molar-refractivity contribution in [2.75, 3.05) is 39.9 Å². The Hall–Kier alpha value is -2.34. The van der Waals surface area contributed by atoms with Crippen molar-refractivity contribution in [1.82, 2.24) is 20.0 Å². The Morgan fingerprint density at radius 1 is 1.38 bits per heavy atom. The lowest BCUT2D eigenvalue weighted by Gasteiger charge is -2.24. The molecule has 6 heteroatoms. The SMILES string of the molecule is CCNC(=NCCc1ccc(-n2cccn2)cc1)N(C)CC1CCOC1. The third-order valence-corrected chi connectivity index (χ3v) is 4.62. The van der Waals surface area contributed by atoms with E-state index in [1.54, 1.807) is 6.20 Å². The summed E-state index contributed by atoms with van der Waals surface area (Å²) < 4.78 is 7.35. The van der Waals surface area contributed by atoms with Crippen LogP contribution in [0.3, 0.4) is 0 Å². The van der Waals surface area contributed by atoms with Crippen molar-refractivity contribution in [3.63, 3.8) is 0 Å². The summed E-state index contributed by atoms with van der Waals surface area (Å²) in [4.78, 5) is 7.02. The van der Waals surface area contributed by atoms with Crippen LogP contribution in [0.5, 0.6) is 0 Å². The molecule has 26 heavy (non-hydrogen) atoms. The maximum Gasteiger partial charge on any atom is 0.193 e. The second-order valence-electron chi connectivity index (χ2n) is 6.71. The lowest BCUT2D eigenvalue weighted by Crippen LogP contribution is -2.41. The van der Waals surface area contributed by atoms with Crippen molar-refractivity contribution in [2.45, 2.75) is 19.8 Å². The maximum atomic E-state index is 5.48. The molecule has 1 unspecified atom stereocenters. The van der Waals surface area contributed by atoms with E-state index in [-0.39, 0.29) is 0 Å². The van der Waals surface area contributed by atoms with Gasteiger partial charge in [0.15, 0.2) is 5.96 Å². The highest BCUT2D eigenvalue weighted by Gasteiger charge is 2.18. The van der Waals surface area contributed by atoms with E-state index in [2.05, 4.69) is 53.6 Å². The molecule has 140 valence electrons. The summed E-state index contributed by atoms with van der Waals surface area (Å²) in [6.45, 7) is 6.51. The van der Waals surface area contributed by atoms with Gasteiger partial charge in [0.05, 0.1) is 12.3 Å². The van der Waals surface area contributed by atoms with Gasteiger partial charge in [0, 0.05) is 51.6 Å². The van der Waals surface area contributed by atoms with Crippen LogP contribution in [0, 0.1) is 5.92 Å². The van der Waals surface area contributed by atoms with E-state index in [9.17, 15) is 0 Å². The van der Waals surface area contributed by atoms with Crippen molar-refractivity contribution in [1.29, 1.82) is 0 Å². The summed E-state index contributed by atoms with van der Waals surface area (Å²) in [7, 11) is 2.11. The highest BCUT2D eigenvalue weighted by atomic mass is 16.5. The number of nitrogens with one attached hydrogen (secondary N) is 1. The average molecular weight is 355 g/mol. The predicted octanol–water partition coefficient (Wildman–Crippen LogP) is 2.35. The molecule has 3 rings (SSSR count). The van der Waals surface area contributed by atoms with E-state index in [0.717, 1.165) is 57.3 Å². The van der Waals surface area contributed by atoms with Crippen LogP contribution in [0.25, 0.3) is 5.69 Å². The van der Waals surface area contributed by atoms with Crippen LogP contribution >= 0.6 is 0 Å². The number of guanidine groups is 1. The number of ether oxygens (including phenoxy) is 1. The van der Waals surface area contributed by atoms with Crippen molar-refractivity contribution >= 4 is 5.96 Å². The van der Waals surface area contributed by atoms with Gasteiger partial charge >= 0.3 is 0 Å². The molecule has 1 aliphatic heterocycles. The summed E-state index contributed by atoms with van der Waals surface area (Å²) in [5.74, 6) is 1.59. The fourth-order valence-electron chi connectivity index (χ4n) is 3.20. The molecule has 1 fully saturated rings. The van der Waals surface area contributed by atoms with Crippen molar-refractivity contribution in [2.24, 2.45) is 10.9 Å². The summed E-state index contributed by atoms with van der Waals surface area (Å²) in [6.07, 6.45) is 5.81. The number of hydrogen-bond acceptors (Lipinski definition) is 3. The van der Waals surface area contributed by atoms with Crippen molar-refractivity contribution < 1.29 is 4.74 Å². The minimum Gasteiger partial charge on any atom is -0.381 e. The summed E-state index contributed by atoms with van der Waals surface area (Å²) in [5.41, 5.74) is 2.36. The minimum absolute atomic E-state index is 0.610. The minimum atomic E-state index is 0.610. The molecule has 0 saturated carbocycles. The summed E-state index contributed by atoms with van der Waals surface area (Å²) in [5, 5.41) is 7.65. The lowest BCUT2D eigenvalue weighted by molar-refractivity contribution is 0.181. The Morgan fingerprint density at radius 3 is 2.88 bits per heavy atom. The number of rotatable bonds is 7. The summed E-state index contributed by atoms with van der Waals surface area (Å²) in [6, 6.07) is 10.4. The normalized spacial score (nSPS) is 17.5. The van der Waals surface area contributed by atoms with Gasteiger partial charge < -0.3 is 15.0 Å². The second-order valence-corrected chi connectivity index (χ2v) is 6.71. The van der Waals surface area contributed by atoms with Gasteiger partial charge in [0.2, 0.25) is 0 Å². The molecule has 1 aliphatic rings. The van der Waals surface area contributed by atoms with Gasteiger partial charge in [-0.3, -0.25) is 4.99 Å². The smallest absolute Gasteiger partial charge is 0.193 e. The molecule has 1 saturated heterocycles. The molecule has 1 aromatic carbocycles. The molecule has 0 aliphatic carbocycles. The molecular weight excluding hydrogens is 326 g/mol. The highest BCUT2D eigenvalue weighted by Crippen LogP contribution is 2.13. The van der Waals surface area contributed by atoms with E-state index in [0.29, 0.717) is 5.92 Å². The maximum absolute atomic E-state index is 5.48. The Kier molecular flexibility index (Phi) is 6.66. The largest absolute Gasteiger partial charge is 0.381 e. The zero-order chi connectivity index (χ0) is 18.2. The van der Waals surface area contributed by atoms with E-state index in [1.807, 2.05) is 16.9 Å². The Bertz CT molecular complexity index is 675. The van der Waals surface area contributed by atoms with Gasteiger partial charge in [-0.05, 0) is 43.5 Å². The molecule has 1 atom stereocenters. The monoisotopic (exact) mass is 355 g/mol. The Balaban J connectivity index is 1.53. The zero-order valence-electron chi connectivity index (χ0n) is 15.8. The van der Waals surface area contributed by atoms with Gasteiger partial charge in [0.25, 0.3) is 0 Å². The molecule has 2 aromatic rings. The Labute approximate surface area is 155 Å².